The Morgan fingerprint density at radius 3 is 1.40 bits per heavy atom. The van der Waals surface area contributed by atoms with E-state index in [2.05, 4.69) is 41.3 Å². The molecule has 0 spiro atoms. The van der Waals surface area contributed by atoms with E-state index in [1.807, 2.05) is 0 Å². The van der Waals surface area contributed by atoms with Crippen molar-refractivity contribution in [3.63, 3.8) is 0 Å². The van der Waals surface area contributed by atoms with Crippen molar-refractivity contribution in [3.8, 4) is 0 Å². The van der Waals surface area contributed by atoms with Crippen molar-refractivity contribution in [1.82, 2.24) is 0 Å². The van der Waals surface area contributed by atoms with Crippen molar-refractivity contribution in [2.75, 3.05) is 0 Å². The molecule has 30 heavy (non-hydrogen) atoms. The van der Waals surface area contributed by atoms with Gasteiger partial charge in [0.25, 0.3) is 19.1 Å². The van der Waals surface area contributed by atoms with Gasteiger partial charge in [-0.1, -0.05) is 56.1 Å². The molecule has 0 aliphatic rings. The number of rotatable bonds is 5. The van der Waals surface area contributed by atoms with E-state index in [9.17, 15) is 16.8 Å². The number of hydrogen-bond donors (Lipinski definition) is 0. The molecule has 0 unspecified atom stereocenters. The predicted molar refractivity (Wildman–Crippen MR) is 118 cm³/mol. The third-order valence-corrected chi connectivity index (χ3v) is 6.70. The Hall–Kier alpha value is -0.790. The van der Waals surface area contributed by atoms with Crippen LogP contribution in [0.4, 0.5) is 0 Å². The molecule has 2 aromatic rings. The van der Waals surface area contributed by atoms with Crippen LogP contribution >= 0.6 is 42.5 Å². The summed E-state index contributed by atoms with van der Waals surface area (Å²) in [5.74, 6) is 0. The molecule has 2 aromatic carbocycles. The van der Waals surface area contributed by atoms with Gasteiger partial charge >= 0.3 is 29.6 Å². The van der Waals surface area contributed by atoms with E-state index < -0.39 is 19.1 Å². The van der Waals surface area contributed by atoms with Gasteiger partial charge in [0.05, 0.1) is 9.79 Å². The van der Waals surface area contributed by atoms with Gasteiger partial charge in [-0.2, -0.15) is 0 Å². The SMILES string of the molecule is O=S(=O)(Cl)c1ccc(CBr)cc1.[N-]=[N+]=NS(=O)(=O)c1ccc(CBr)cc1.[N-]=[N+]=[N-].[Na+]. The second-order valence-corrected chi connectivity index (χ2v) is 10.0. The van der Waals surface area contributed by atoms with E-state index >= 15 is 0 Å². The number of hydrogen-bond acceptors (Lipinski definition) is 4. The van der Waals surface area contributed by atoms with Crippen LogP contribution in [0.15, 0.2) is 62.8 Å². The third kappa shape index (κ3) is 12.2. The first kappa shape index (κ1) is 31.4. The maximum atomic E-state index is 11.2. The molecule has 0 saturated heterocycles. The molecule has 0 fully saturated rings. The maximum absolute atomic E-state index is 11.2. The third-order valence-electron chi connectivity index (χ3n) is 2.88. The standard InChI is InChI=1S/C7H6BrClO2S.C7H6BrN3O2S.N3.Na/c8-5-6-1-3-7(4-2-6)12(9,10)11;8-5-6-1-3-7(4-2-6)14(12,13)11-10-9;1-3-2;/h1-4H,5H2;1-4H,5H2;;/q;;-1;+1. The van der Waals surface area contributed by atoms with Gasteiger partial charge in [-0.3, -0.25) is 4.91 Å². The van der Waals surface area contributed by atoms with E-state index in [-0.39, 0.29) is 39.3 Å². The summed E-state index contributed by atoms with van der Waals surface area (Å²) in [6.45, 7) is 0. The topological polar surface area (TPSA) is 176 Å². The minimum Gasteiger partial charge on any atom is -0.373 e. The van der Waals surface area contributed by atoms with E-state index in [1.54, 1.807) is 24.3 Å². The Labute approximate surface area is 217 Å². The molecule has 10 nitrogen and oxygen atoms in total. The maximum Gasteiger partial charge on any atom is 1.00 e. The van der Waals surface area contributed by atoms with E-state index in [0.717, 1.165) is 11.1 Å². The summed E-state index contributed by atoms with van der Waals surface area (Å²) in [7, 11) is -2.30. The Bertz CT molecular complexity index is 1090. The van der Waals surface area contributed by atoms with Gasteiger partial charge < -0.3 is 11.1 Å². The molecule has 16 heteroatoms. The Morgan fingerprint density at radius 2 is 1.13 bits per heavy atom. The van der Waals surface area contributed by atoms with Crippen molar-refractivity contribution >= 4 is 61.6 Å². The molecule has 0 saturated carbocycles. The van der Waals surface area contributed by atoms with Crippen LogP contribution in [0.3, 0.4) is 0 Å². The van der Waals surface area contributed by atoms with Crippen molar-refractivity contribution in [2.45, 2.75) is 20.5 Å². The smallest absolute Gasteiger partial charge is 0.373 e. The minimum atomic E-state index is -3.84. The average molecular weight is 611 g/mol. The zero-order valence-electron chi connectivity index (χ0n) is 15.3. The summed E-state index contributed by atoms with van der Waals surface area (Å²) < 4.78 is 46.7. The van der Waals surface area contributed by atoms with E-state index in [1.165, 1.54) is 29.2 Å². The number of nitrogens with zero attached hydrogens (tertiary/aromatic N) is 6. The normalized spacial score (nSPS) is 9.83. The zero-order valence-corrected chi connectivity index (χ0v) is 22.9. The zero-order chi connectivity index (χ0) is 22.5. The van der Waals surface area contributed by atoms with Crippen LogP contribution in [0, 0.1) is 0 Å². The first-order valence-corrected chi connectivity index (χ1v) is 13.1. The van der Waals surface area contributed by atoms with Crippen molar-refractivity contribution < 1.29 is 46.4 Å². The molecule has 0 radical (unpaired) electrons. The number of sulfonamides is 1. The molecule has 156 valence electrons. The van der Waals surface area contributed by atoms with Gasteiger partial charge in [-0.15, -0.1) is 0 Å². The molecule has 0 N–H and O–H groups in total. The molecule has 0 amide bonds. The second-order valence-electron chi connectivity index (χ2n) is 4.73. The number of azide groups is 1. The summed E-state index contributed by atoms with van der Waals surface area (Å²) in [5, 5.41) is 1.35. The number of benzene rings is 2. The van der Waals surface area contributed by atoms with Gasteiger partial charge in [0.2, 0.25) is 0 Å². The number of alkyl halides is 2. The quantitative estimate of drug-likeness (QED) is 0.126. The Kier molecular flexibility index (Phi) is 16.7. The molecule has 0 heterocycles. The molecule has 0 aliphatic carbocycles. The van der Waals surface area contributed by atoms with Crippen LogP contribution in [0.2, 0.25) is 0 Å². The van der Waals surface area contributed by atoms with Crippen molar-refractivity contribution in [1.29, 1.82) is 0 Å². The predicted octanol–water partition coefficient (Wildman–Crippen LogP) is 2.96. The summed E-state index contributed by atoms with van der Waals surface area (Å²) in [5.41, 5.74) is 23.5. The fourth-order valence-corrected chi connectivity index (χ4v) is 3.77. The van der Waals surface area contributed by atoms with E-state index in [4.69, 9.17) is 27.3 Å². The average Bonchev–Trinajstić information content (AvgIpc) is 2.68. The summed E-state index contributed by atoms with van der Waals surface area (Å²) >= 11 is 6.48. The second kappa shape index (κ2) is 15.9. The van der Waals surface area contributed by atoms with Crippen molar-refractivity contribution in [3.05, 3.63) is 86.1 Å². The number of halogens is 3. The molecule has 0 aromatic heterocycles. The molecule has 0 atom stereocenters. The Morgan fingerprint density at radius 1 is 0.800 bits per heavy atom. The summed E-state index contributed by atoms with van der Waals surface area (Å²) in [6, 6.07) is 12.5. The first-order valence-electron chi connectivity index (χ1n) is 7.10. The molecular formula is C14H12Br2ClN6NaO4S2. The van der Waals surface area contributed by atoms with Gasteiger partial charge in [-0.05, 0) is 40.9 Å². The summed E-state index contributed by atoms with van der Waals surface area (Å²) in [6.07, 6.45) is 0. The van der Waals surface area contributed by atoms with Crippen molar-refractivity contribution in [2.24, 2.45) is 4.52 Å². The van der Waals surface area contributed by atoms with Gasteiger partial charge in [0.1, 0.15) is 0 Å². The fourth-order valence-electron chi connectivity index (χ4n) is 1.59. The van der Waals surface area contributed by atoms with Gasteiger partial charge in [0, 0.05) is 30.8 Å². The monoisotopic (exact) mass is 608 g/mol. The van der Waals surface area contributed by atoms with Crippen LogP contribution in [0.5, 0.6) is 0 Å². The van der Waals surface area contributed by atoms with Gasteiger partial charge in [-0.25, -0.2) is 16.8 Å². The molecular weight excluding hydrogens is 599 g/mol. The van der Waals surface area contributed by atoms with Crippen LogP contribution in [0.1, 0.15) is 11.1 Å². The first-order chi connectivity index (χ1) is 13.5. The Balaban J connectivity index is 0. The van der Waals surface area contributed by atoms with E-state index in [0.29, 0.717) is 10.7 Å². The fraction of sp³-hybridized carbons (Fsp3) is 0.143. The van der Waals surface area contributed by atoms with Gasteiger partial charge in [0.15, 0.2) is 0 Å². The minimum absolute atomic E-state index is 0. The van der Waals surface area contributed by atoms with Crippen LogP contribution in [-0.2, 0) is 29.7 Å². The molecule has 0 bridgehead atoms. The molecule has 2 rings (SSSR count). The van der Waals surface area contributed by atoms with Crippen LogP contribution < -0.4 is 29.6 Å². The van der Waals surface area contributed by atoms with Crippen LogP contribution in [0.25, 0.3) is 26.4 Å². The van der Waals surface area contributed by atoms with Crippen LogP contribution in [-0.4, -0.2) is 16.8 Å². The summed E-state index contributed by atoms with van der Waals surface area (Å²) in [4.78, 5) is 3.89. The molecule has 0 aliphatic heterocycles. The largest absolute Gasteiger partial charge is 1.00 e.